The van der Waals surface area contributed by atoms with E-state index in [1.165, 1.54) is 0 Å². The van der Waals surface area contributed by atoms with Crippen LogP contribution in [0.25, 0.3) is 17.0 Å². The van der Waals surface area contributed by atoms with E-state index >= 15 is 0 Å². The van der Waals surface area contributed by atoms with Crippen LogP contribution in [0.5, 0.6) is 0 Å². The van der Waals surface area contributed by atoms with Crippen LogP contribution in [-0.4, -0.2) is 24.6 Å². The fourth-order valence-electron chi connectivity index (χ4n) is 2.69. The highest BCUT2D eigenvalue weighted by Gasteiger charge is 2.21. The minimum Gasteiger partial charge on any atom is -0.308 e. The van der Waals surface area contributed by atoms with Gasteiger partial charge in [0.2, 0.25) is 0 Å². The molecule has 0 saturated carbocycles. The molecule has 3 aromatic rings. The number of nitrogen functional groups attached to an aromatic ring is 1. The largest absolute Gasteiger partial charge is 0.308 e. The highest BCUT2D eigenvalue weighted by atomic mass is 15.4. The number of fused-ring (bicyclic) bond motifs is 2. The van der Waals surface area contributed by atoms with Gasteiger partial charge in [0.05, 0.1) is 6.20 Å². The lowest BCUT2D eigenvalue weighted by atomic mass is 10.2. The summed E-state index contributed by atoms with van der Waals surface area (Å²) in [6, 6.07) is 1.91. The summed E-state index contributed by atoms with van der Waals surface area (Å²) in [5, 5.41) is 4.54. The Morgan fingerprint density at radius 3 is 2.95 bits per heavy atom. The zero-order valence-electron chi connectivity index (χ0n) is 10.7. The van der Waals surface area contributed by atoms with Crippen molar-refractivity contribution < 1.29 is 0 Å². The molecule has 3 N–H and O–H groups in total. The second kappa shape index (κ2) is 4.24. The van der Waals surface area contributed by atoms with Gasteiger partial charge in [-0.3, -0.25) is 9.97 Å². The Bertz CT molecular complexity index is 778. The predicted octanol–water partition coefficient (Wildman–Crippen LogP) is 0.961. The topological polar surface area (TPSA) is 94.0 Å². The quantitative estimate of drug-likeness (QED) is 0.530. The average Bonchev–Trinajstić information content (AvgIpc) is 3.11. The summed E-state index contributed by atoms with van der Waals surface area (Å²) in [5.41, 5.74) is 7.27. The summed E-state index contributed by atoms with van der Waals surface area (Å²) in [5.74, 6) is 6.49. The maximum absolute atomic E-state index is 5.67. The molecular formula is C13H13N7. The summed E-state index contributed by atoms with van der Waals surface area (Å²) in [6.45, 7) is 0. The molecule has 4 rings (SSSR count). The summed E-state index contributed by atoms with van der Waals surface area (Å²) in [7, 11) is 0. The number of aromatic nitrogens is 5. The van der Waals surface area contributed by atoms with Crippen LogP contribution < -0.4 is 11.3 Å². The predicted molar refractivity (Wildman–Crippen MR) is 73.8 cm³/mol. The minimum atomic E-state index is 0.723. The van der Waals surface area contributed by atoms with Crippen molar-refractivity contribution in [3.63, 3.8) is 0 Å². The Hall–Kier alpha value is -2.54. The van der Waals surface area contributed by atoms with E-state index in [1.807, 2.05) is 6.07 Å². The molecule has 0 unspecified atom stereocenters. The van der Waals surface area contributed by atoms with Gasteiger partial charge in [0.1, 0.15) is 17.2 Å². The lowest BCUT2D eigenvalue weighted by Crippen LogP contribution is -2.15. The van der Waals surface area contributed by atoms with Gasteiger partial charge in [-0.2, -0.15) is 9.61 Å². The van der Waals surface area contributed by atoms with Crippen molar-refractivity contribution in [3.8, 4) is 11.4 Å². The SMILES string of the molecule is NNc1c2c(nc3cc(-c4cnccn4)nn13)CCC2. The molecule has 1 aliphatic rings. The molecule has 0 spiro atoms. The highest BCUT2D eigenvalue weighted by molar-refractivity contribution is 5.64. The van der Waals surface area contributed by atoms with Gasteiger partial charge in [0.15, 0.2) is 5.65 Å². The van der Waals surface area contributed by atoms with E-state index in [-0.39, 0.29) is 0 Å². The average molecular weight is 267 g/mol. The molecule has 20 heavy (non-hydrogen) atoms. The number of nitrogens with two attached hydrogens (primary N) is 1. The third kappa shape index (κ3) is 1.56. The van der Waals surface area contributed by atoms with Crippen LogP contribution in [0.1, 0.15) is 17.7 Å². The van der Waals surface area contributed by atoms with Gasteiger partial charge in [-0.1, -0.05) is 0 Å². The standard InChI is InChI=1S/C13H13N7/c14-18-13-8-2-1-3-9(8)17-12-6-10(19-20(12)13)11-7-15-4-5-16-11/h4-7,18H,1-3,14H2. The smallest absolute Gasteiger partial charge is 0.158 e. The van der Waals surface area contributed by atoms with E-state index in [0.29, 0.717) is 0 Å². The maximum Gasteiger partial charge on any atom is 0.158 e. The van der Waals surface area contributed by atoms with E-state index in [1.54, 1.807) is 23.1 Å². The number of hydrogen-bond donors (Lipinski definition) is 2. The van der Waals surface area contributed by atoms with Gasteiger partial charge in [-0.25, -0.2) is 10.8 Å². The van der Waals surface area contributed by atoms with Crippen molar-refractivity contribution in [1.29, 1.82) is 0 Å². The van der Waals surface area contributed by atoms with Gasteiger partial charge in [-0.05, 0) is 19.3 Å². The van der Waals surface area contributed by atoms with Crippen LogP contribution in [-0.2, 0) is 12.8 Å². The van der Waals surface area contributed by atoms with Gasteiger partial charge in [0.25, 0.3) is 0 Å². The molecule has 3 aromatic heterocycles. The van der Waals surface area contributed by atoms with Crippen molar-refractivity contribution in [2.75, 3.05) is 5.43 Å². The monoisotopic (exact) mass is 267 g/mol. The van der Waals surface area contributed by atoms with Crippen LogP contribution >= 0.6 is 0 Å². The molecule has 100 valence electrons. The zero-order chi connectivity index (χ0) is 13.5. The molecule has 7 heteroatoms. The first kappa shape index (κ1) is 11.3. The van der Waals surface area contributed by atoms with Crippen molar-refractivity contribution >= 4 is 11.5 Å². The Morgan fingerprint density at radius 2 is 2.15 bits per heavy atom. The molecule has 0 saturated heterocycles. The molecule has 0 atom stereocenters. The number of rotatable bonds is 2. The number of nitrogens with one attached hydrogen (secondary N) is 1. The van der Waals surface area contributed by atoms with Crippen LogP contribution in [0.3, 0.4) is 0 Å². The third-order valence-electron chi connectivity index (χ3n) is 3.59. The molecule has 3 heterocycles. The van der Waals surface area contributed by atoms with E-state index in [0.717, 1.165) is 53.4 Å². The van der Waals surface area contributed by atoms with E-state index < -0.39 is 0 Å². The second-order valence-corrected chi connectivity index (χ2v) is 4.77. The Balaban J connectivity index is 1.96. The molecule has 0 bridgehead atoms. The Labute approximate surface area is 114 Å². The first-order valence-electron chi connectivity index (χ1n) is 6.51. The zero-order valence-corrected chi connectivity index (χ0v) is 10.7. The molecule has 0 radical (unpaired) electrons. The lowest BCUT2D eigenvalue weighted by molar-refractivity contribution is 0.900. The maximum atomic E-state index is 5.67. The van der Waals surface area contributed by atoms with Gasteiger partial charge in [-0.15, -0.1) is 0 Å². The van der Waals surface area contributed by atoms with Gasteiger partial charge in [0, 0.05) is 29.7 Å². The fraction of sp³-hybridized carbons (Fsp3) is 0.231. The normalized spacial score (nSPS) is 13.7. The van der Waals surface area contributed by atoms with Crippen molar-refractivity contribution in [2.24, 2.45) is 5.84 Å². The number of nitrogens with zero attached hydrogens (tertiary/aromatic N) is 5. The lowest BCUT2D eigenvalue weighted by Gasteiger charge is -2.08. The van der Waals surface area contributed by atoms with E-state index in [9.17, 15) is 0 Å². The van der Waals surface area contributed by atoms with Gasteiger partial charge < -0.3 is 5.43 Å². The molecule has 0 fully saturated rings. The molecule has 0 amide bonds. The van der Waals surface area contributed by atoms with Gasteiger partial charge >= 0.3 is 0 Å². The molecular weight excluding hydrogens is 254 g/mol. The van der Waals surface area contributed by atoms with E-state index in [4.69, 9.17) is 5.84 Å². The summed E-state index contributed by atoms with van der Waals surface area (Å²) in [4.78, 5) is 13.0. The fourth-order valence-corrected chi connectivity index (χ4v) is 2.69. The minimum absolute atomic E-state index is 0.723. The van der Waals surface area contributed by atoms with Crippen LogP contribution in [0.4, 0.5) is 5.82 Å². The number of hydrazine groups is 1. The molecule has 0 aliphatic heterocycles. The first-order valence-corrected chi connectivity index (χ1v) is 6.51. The van der Waals surface area contributed by atoms with Crippen LogP contribution in [0.2, 0.25) is 0 Å². The summed E-state index contributed by atoms with van der Waals surface area (Å²) in [6.07, 6.45) is 8.06. The third-order valence-corrected chi connectivity index (χ3v) is 3.59. The first-order chi connectivity index (χ1) is 9.86. The summed E-state index contributed by atoms with van der Waals surface area (Å²) >= 11 is 0. The van der Waals surface area contributed by atoms with E-state index in [2.05, 4.69) is 25.5 Å². The number of anilines is 1. The molecule has 1 aliphatic carbocycles. The Kier molecular flexibility index (Phi) is 2.40. The van der Waals surface area contributed by atoms with Crippen molar-refractivity contribution in [3.05, 3.63) is 35.9 Å². The molecule has 0 aromatic carbocycles. The van der Waals surface area contributed by atoms with Crippen LogP contribution in [0, 0.1) is 0 Å². The van der Waals surface area contributed by atoms with Crippen molar-refractivity contribution in [2.45, 2.75) is 19.3 Å². The molecule has 7 nitrogen and oxygen atoms in total. The number of aryl methyl sites for hydroxylation is 1. The highest BCUT2D eigenvalue weighted by Crippen LogP contribution is 2.29. The van der Waals surface area contributed by atoms with Crippen molar-refractivity contribution in [1.82, 2.24) is 24.6 Å². The number of hydrogen-bond acceptors (Lipinski definition) is 6. The Morgan fingerprint density at radius 1 is 1.20 bits per heavy atom. The summed E-state index contributed by atoms with van der Waals surface area (Å²) < 4.78 is 1.74. The van der Waals surface area contributed by atoms with Crippen LogP contribution in [0.15, 0.2) is 24.7 Å². The second-order valence-electron chi connectivity index (χ2n) is 4.77.